The molecule has 1 fully saturated rings. The number of amides is 2. The summed E-state index contributed by atoms with van der Waals surface area (Å²) in [6, 6.07) is 0. The van der Waals surface area contributed by atoms with Crippen LogP contribution in [0.1, 0.15) is 6.92 Å². The maximum absolute atomic E-state index is 11.0. The normalized spacial score (nSPS) is 25.3. The number of rotatable bonds is 1. The Bertz CT molecular complexity index is 196. The minimum absolute atomic E-state index is 0.426. The highest BCUT2D eigenvalue weighted by molar-refractivity contribution is 7.80. The van der Waals surface area contributed by atoms with E-state index in [2.05, 4.69) is 23.5 Å². The molecule has 0 radical (unpaired) electrons. The molecule has 0 aliphatic carbocycles. The molecular formula is C5H9N3O2S. The molecule has 0 bridgehead atoms. The zero-order valence-corrected chi connectivity index (χ0v) is 6.89. The number of hydrogen-bond acceptors (Lipinski definition) is 4. The Labute approximate surface area is 69.5 Å². The van der Waals surface area contributed by atoms with Gasteiger partial charge in [-0.1, -0.05) is 0 Å². The van der Waals surface area contributed by atoms with Gasteiger partial charge in [-0.2, -0.15) is 0 Å². The summed E-state index contributed by atoms with van der Waals surface area (Å²) in [4.78, 5) is 23.0. The third-order valence-electron chi connectivity index (χ3n) is 1.41. The molecule has 1 atom stereocenters. The lowest BCUT2D eigenvalue weighted by Crippen LogP contribution is -2.62. The molecule has 1 saturated heterocycles. The Hall–Kier alpha value is -0.750. The van der Waals surface area contributed by atoms with Crippen LogP contribution in [0.15, 0.2) is 0 Å². The van der Waals surface area contributed by atoms with Crippen molar-refractivity contribution >= 4 is 24.4 Å². The van der Waals surface area contributed by atoms with Crippen LogP contribution in [0.5, 0.6) is 0 Å². The molecule has 0 aromatic carbocycles. The fourth-order valence-corrected chi connectivity index (χ4v) is 1.15. The molecule has 1 heterocycles. The average Bonchev–Trinajstić information content (AvgIpc) is 1.99. The van der Waals surface area contributed by atoms with Crippen molar-refractivity contribution in [1.29, 1.82) is 0 Å². The van der Waals surface area contributed by atoms with Crippen LogP contribution in [0.2, 0.25) is 0 Å². The predicted octanol–water partition coefficient (Wildman–Crippen LogP) is -1.32. The van der Waals surface area contributed by atoms with E-state index in [1.165, 1.54) is 4.90 Å². The summed E-state index contributed by atoms with van der Waals surface area (Å²) in [6.07, 6.45) is 0. The van der Waals surface area contributed by atoms with Crippen LogP contribution in [0.25, 0.3) is 0 Å². The summed E-state index contributed by atoms with van der Waals surface area (Å²) in [6.45, 7) is 2.24. The number of hydrazine groups is 1. The summed E-state index contributed by atoms with van der Waals surface area (Å²) in [7, 11) is 0. The van der Waals surface area contributed by atoms with Gasteiger partial charge < -0.3 is 4.90 Å². The van der Waals surface area contributed by atoms with Crippen molar-refractivity contribution in [3.8, 4) is 0 Å². The average molecular weight is 175 g/mol. The maximum Gasteiger partial charge on any atom is 0.323 e. The Balaban J connectivity index is 2.71. The fourth-order valence-electron chi connectivity index (χ4n) is 0.820. The summed E-state index contributed by atoms with van der Waals surface area (Å²) in [5, 5.41) is 0. The molecule has 1 aliphatic rings. The van der Waals surface area contributed by atoms with Gasteiger partial charge in [0.2, 0.25) is 0 Å². The minimum Gasteiger partial charge on any atom is -0.309 e. The molecule has 1 unspecified atom stereocenters. The zero-order valence-electron chi connectivity index (χ0n) is 6.00. The van der Waals surface area contributed by atoms with Gasteiger partial charge >= 0.3 is 11.8 Å². The lowest BCUT2D eigenvalue weighted by Gasteiger charge is -2.31. The van der Waals surface area contributed by atoms with Crippen molar-refractivity contribution < 1.29 is 9.59 Å². The summed E-state index contributed by atoms with van der Waals surface area (Å²) < 4.78 is 0. The number of hydrogen-bond donors (Lipinski definition) is 3. The maximum atomic E-state index is 11.0. The van der Waals surface area contributed by atoms with Crippen LogP contribution in [0.4, 0.5) is 0 Å². The van der Waals surface area contributed by atoms with Crippen molar-refractivity contribution in [2.45, 2.75) is 12.4 Å². The quantitative estimate of drug-likeness (QED) is 0.342. The number of nitrogens with zero attached hydrogens (tertiary/aromatic N) is 1. The largest absolute Gasteiger partial charge is 0.323 e. The standard InChI is InChI=1S/C5H9N3O2S/c1-2-8-4(10)3(9)6-7-5(8)11/h5,7,11H,2H2,1H3,(H,6,9). The number of carbonyl (C=O) groups excluding carboxylic acids is 2. The molecular weight excluding hydrogens is 166 g/mol. The third-order valence-corrected chi connectivity index (χ3v) is 1.81. The summed E-state index contributed by atoms with van der Waals surface area (Å²) >= 11 is 4.02. The molecule has 0 aromatic rings. The fraction of sp³-hybridized carbons (Fsp3) is 0.600. The number of thiol groups is 1. The van der Waals surface area contributed by atoms with Crippen LogP contribution in [-0.2, 0) is 9.59 Å². The van der Waals surface area contributed by atoms with E-state index < -0.39 is 17.3 Å². The van der Waals surface area contributed by atoms with Crippen molar-refractivity contribution in [3.63, 3.8) is 0 Å². The van der Waals surface area contributed by atoms with E-state index in [9.17, 15) is 9.59 Å². The Morgan fingerprint density at radius 2 is 2.27 bits per heavy atom. The van der Waals surface area contributed by atoms with E-state index in [0.29, 0.717) is 6.54 Å². The van der Waals surface area contributed by atoms with E-state index in [1.54, 1.807) is 6.92 Å². The second-order valence-electron chi connectivity index (χ2n) is 2.06. The highest BCUT2D eigenvalue weighted by Crippen LogP contribution is 2.03. The number of likely N-dealkylation sites (N-methyl/N-ethyl adjacent to an activating group) is 1. The van der Waals surface area contributed by atoms with Gasteiger partial charge in [0.1, 0.15) is 5.50 Å². The first-order valence-corrected chi connectivity index (χ1v) is 3.73. The highest BCUT2D eigenvalue weighted by atomic mass is 32.1. The summed E-state index contributed by atoms with van der Waals surface area (Å²) in [5.74, 6) is -1.19. The highest BCUT2D eigenvalue weighted by Gasteiger charge is 2.30. The summed E-state index contributed by atoms with van der Waals surface area (Å²) in [5.41, 5.74) is 4.30. The van der Waals surface area contributed by atoms with Crippen LogP contribution >= 0.6 is 12.6 Å². The van der Waals surface area contributed by atoms with Gasteiger partial charge in [0, 0.05) is 6.54 Å². The van der Waals surface area contributed by atoms with Gasteiger partial charge in [-0.25, -0.2) is 5.43 Å². The molecule has 62 valence electrons. The Kier molecular flexibility index (Phi) is 2.35. The van der Waals surface area contributed by atoms with Crippen molar-refractivity contribution in [2.75, 3.05) is 6.54 Å². The van der Waals surface area contributed by atoms with Gasteiger partial charge in [-0.15, -0.1) is 12.6 Å². The van der Waals surface area contributed by atoms with E-state index >= 15 is 0 Å². The Morgan fingerprint density at radius 1 is 1.64 bits per heavy atom. The molecule has 0 spiro atoms. The van der Waals surface area contributed by atoms with Crippen molar-refractivity contribution in [3.05, 3.63) is 0 Å². The van der Waals surface area contributed by atoms with E-state index in [1.807, 2.05) is 0 Å². The topological polar surface area (TPSA) is 61.4 Å². The molecule has 2 N–H and O–H groups in total. The first kappa shape index (κ1) is 8.35. The minimum atomic E-state index is -0.642. The van der Waals surface area contributed by atoms with E-state index in [4.69, 9.17) is 0 Å². The van der Waals surface area contributed by atoms with E-state index in [0.717, 1.165) is 0 Å². The Morgan fingerprint density at radius 3 is 2.73 bits per heavy atom. The van der Waals surface area contributed by atoms with Gasteiger partial charge in [0.25, 0.3) is 0 Å². The van der Waals surface area contributed by atoms with Gasteiger partial charge in [0.15, 0.2) is 0 Å². The molecule has 6 heteroatoms. The number of nitrogens with one attached hydrogen (secondary N) is 2. The van der Waals surface area contributed by atoms with Gasteiger partial charge in [-0.3, -0.25) is 15.0 Å². The lowest BCUT2D eigenvalue weighted by molar-refractivity contribution is -0.150. The third kappa shape index (κ3) is 1.46. The molecule has 1 rings (SSSR count). The molecule has 5 nitrogen and oxygen atoms in total. The smallest absolute Gasteiger partial charge is 0.309 e. The second-order valence-corrected chi connectivity index (χ2v) is 2.55. The lowest BCUT2D eigenvalue weighted by atomic mass is 10.4. The molecule has 2 amide bonds. The van der Waals surface area contributed by atoms with Crippen LogP contribution in [0.3, 0.4) is 0 Å². The second kappa shape index (κ2) is 3.10. The SMILES string of the molecule is CCN1C(=O)C(=O)NNC1S. The van der Waals surface area contributed by atoms with Gasteiger partial charge in [-0.05, 0) is 6.92 Å². The van der Waals surface area contributed by atoms with Crippen molar-refractivity contribution in [2.24, 2.45) is 0 Å². The van der Waals surface area contributed by atoms with Crippen LogP contribution in [0, 0.1) is 0 Å². The monoisotopic (exact) mass is 175 g/mol. The van der Waals surface area contributed by atoms with E-state index in [-0.39, 0.29) is 0 Å². The molecule has 11 heavy (non-hydrogen) atoms. The predicted molar refractivity (Wildman–Crippen MR) is 41.4 cm³/mol. The van der Waals surface area contributed by atoms with Crippen LogP contribution in [-0.4, -0.2) is 28.8 Å². The zero-order chi connectivity index (χ0) is 8.43. The first-order chi connectivity index (χ1) is 5.16. The molecule has 1 aliphatic heterocycles. The van der Waals surface area contributed by atoms with Crippen molar-refractivity contribution in [1.82, 2.24) is 15.8 Å². The molecule has 0 saturated carbocycles. The van der Waals surface area contributed by atoms with Crippen LogP contribution < -0.4 is 10.9 Å². The van der Waals surface area contributed by atoms with Gasteiger partial charge in [0.05, 0.1) is 0 Å². The molecule has 0 aromatic heterocycles. The number of carbonyl (C=O) groups is 2. The first-order valence-electron chi connectivity index (χ1n) is 3.21.